The Morgan fingerprint density at radius 1 is 1.29 bits per heavy atom. The summed E-state index contributed by atoms with van der Waals surface area (Å²) in [4.78, 5) is 12.4. The van der Waals surface area contributed by atoms with Crippen molar-refractivity contribution in [3.8, 4) is 5.69 Å². The van der Waals surface area contributed by atoms with Crippen LogP contribution < -0.4 is 5.32 Å². The Hall–Kier alpha value is -2.68. The molecule has 3 rings (SSSR count). The molecule has 0 fully saturated rings. The van der Waals surface area contributed by atoms with Gasteiger partial charge in [0.2, 0.25) is 5.13 Å². The Bertz CT molecular complexity index is 811. The third-order valence-corrected chi connectivity index (χ3v) is 4.72. The van der Waals surface area contributed by atoms with Crippen LogP contribution in [0.1, 0.15) is 48.0 Å². The van der Waals surface area contributed by atoms with E-state index in [0.29, 0.717) is 22.3 Å². The molecule has 0 bridgehead atoms. The van der Waals surface area contributed by atoms with Gasteiger partial charge in [-0.3, -0.25) is 10.1 Å². The summed E-state index contributed by atoms with van der Waals surface area (Å²) in [5, 5.41) is 23.5. The van der Waals surface area contributed by atoms with E-state index in [9.17, 15) is 4.79 Å². The molecule has 0 unspecified atom stereocenters. The minimum absolute atomic E-state index is 0.239. The van der Waals surface area contributed by atoms with E-state index < -0.39 is 0 Å². The number of benzene rings is 1. The first kappa shape index (κ1) is 16.2. The molecule has 2 heterocycles. The van der Waals surface area contributed by atoms with Gasteiger partial charge in [0.1, 0.15) is 11.3 Å². The molecule has 24 heavy (non-hydrogen) atoms. The van der Waals surface area contributed by atoms with Crippen molar-refractivity contribution in [2.75, 3.05) is 5.32 Å². The van der Waals surface area contributed by atoms with Crippen molar-refractivity contribution in [3.05, 3.63) is 41.2 Å². The summed E-state index contributed by atoms with van der Waals surface area (Å²) in [6.07, 6.45) is 3.49. The molecular formula is C15H17N7OS. The number of carbonyl (C=O) groups is 1. The summed E-state index contributed by atoms with van der Waals surface area (Å²) in [7, 11) is 0. The summed E-state index contributed by atoms with van der Waals surface area (Å²) in [6.45, 7) is 4.25. The van der Waals surface area contributed by atoms with Crippen LogP contribution in [0.2, 0.25) is 0 Å². The summed E-state index contributed by atoms with van der Waals surface area (Å²) < 4.78 is 1.49. The number of carbonyl (C=O) groups excluding carboxylic acids is 1. The Kier molecular flexibility index (Phi) is 4.90. The molecular weight excluding hydrogens is 326 g/mol. The normalized spacial score (nSPS) is 11.0. The number of hydrogen-bond acceptors (Lipinski definition) is 7. The lowest BCUT2D eigenvalue weighted by Gasteiger charge is -2.06. The minimum atomic E-state index is -0.239. The van der Waals surface area contributed by atoms with Gasteiger partial charge in [0, 0.05) is 11.5 Å². The topological polar surface area (TPSA) is 98.5 Å². The SMILES string of the molecule is CCC(CC)c1nnc(NC(=O)c2cccc(-n3cnnn3)c2)s1. The molecule has 3 aromatic rings. The highest BCUT2D eigenvalue weighted by atomic mass is 32.1. The second kappa shape index (κ2) is 7.26. The van der Waals surface area contributed by atoms with Gasteiger partial charge in [-0.15, -0.1) is 15.3 Å². The van der Waals surface area contributed by atoms with E-state index in [1.165, 1.54) is 22.3 Å². The molecule has 0 saturated heterocycles. The number of nitrogens with zero attached hydrogens (tertiary/aromatic N) is 6. The summed E-state index contributed by atoms with van der Waals surface area (Å²) >= 11 is 1.42. The second-order valence-electron chi connectivity index (χ2n) is 5.22. The third-order valence-electron chi connectivity index (χ3n) is 3.72. The maximum Gasteiger partial charge on any atom is 0.257 e. The predicted molar refractivity (Wildman–Crippen MR) is 90.3 cm³/mol. The first-order valence-corrected chi connectivity index (χ1v) is 8.51. The van der Waals surface area contributed by atoms with Gasteiger partial charge >= 0.3 is 0 Å². The van der Waals surface area contributed by atoms with Gasteiger partial charge < -0.3 is 0 Å². The standard InChI is InChI=1S/C15H17N7OS/c1-3-10(4-2)14-18-19-15(24-14)17-13(23)11-6-5-7-12(8-11)22-9-16-20-21-22/h5-10H,3-4H2,1-2H3,(H,17,19,23). The first-order valence-electron chi connectivity index (χ1n) is 7.69. The highest BCUT2D eigenvalue weighted by molar-refractivity contribution is 7.15. The minimum Gasteiger partial charge on any atom is -0.296 e. The van der Waals surface area contributed by atoms with E-state index in [-0.39, 0.29) is 5.91 Å². The van der Waals surface area contributed by atoms with Crippen LogP contribution >= 0.6 is 11.3 Å². The molecule has 0 aliphatic carbocycles. The Balaban J connectivity index is 1.75. The van der Waals surface area contributed by atoms with Crippen LogP contribution in [0.3, 0.4) is 0 Å². The van der Waals surface area contributed by atoms with Gasteiger partial charge in [0.05, 0.1) is 5.69 Å². The monoisotopic (exact) mass is 343 g/mol. The fourth-order valence-corrected chi connectivity index (χ4v) is 3.33. The smallest absolute Gasteiger partial charge is 0.257 e. The van der Waals surface area contributed by atoms with Gasteiger partial charge in [-0.2, -0.15) is 0 Å². The van der Waals surface area contributed by atoms with Crippen LogP contribution in [0.15, 0.2) is 30.6 Å². The third kappa shape index (κ3) is 3.46. The molecule has 124 valence electrons. The van der Waals surface area contributed by atoms with Gasteiger partial charge in [-0.05, 0) is 41.5 Å². The zero-order valence-corrected chi connectivity index (χ0v) is 14.2. The lowest BCUT2D eigenvalue weighted by molar-refractivity contribution is 0.102. The van der Waals surface area contributed by atoms with Crippen molar-refractivity contribution in [2.24, 2.45) is 0 Å². The Labute approximate surface area is 142 Å². The molecule has 1 amide bonds. The van der Waals surface area contributed by atoms with Crippen molar-refractivity contribution in [1.82, 2.24) is 30.4 Å². The van der Waals surface area contributed by atoms with E-state index in [1.807, 2.05) is 6.07 Å². The van der Waals surface area contributed by atoms with Crippen LogP contribution in [0.5, 0.6) is 0 Å². The van der Waals surface area contributed by atoms with Crippen molar-refractivity contribution in [1.29, 1.82) is 0 Å². The molecule has 2 aromatic heterocycles. The summed E-state index contributed by atoms with van der Waals surface area (Å²) in [5.74, 6) is 0.147. The van der Waals surface area contributed by atoms with Crippen LogP contribution in [0.25, 0.3) is 5.69 Å². The zero-order valence-electron chi connectivity index (χ0n) is 13.4. The number of tetrazole rings is 1. The maximum atomic E-state index is 12.4. The first-order chi connectivity index (χ1) is 11.7. The molecule has 8 nitrogen and oxygen atoms in total. The number of aromatic nitrogens is 6. The van der Waals surface area contributed by atoms with Gasteiger partial charge in [0.25, 0.3) is 5.91 Å². The Morgan fingerprint density at radius 2 is 2.12 bits per heavy atom. The average molecular weight is 343 g/mol. The second-order valence-corrected chi connectivity index (χ2v) is 6.23. The maximum absolute atomic E-state index is 12.4. The summed E-state index contributed by atoms with van der Waals surface area (Å²) in [5.41, 5.74) is 1.21. The van der Waals surface area contributed by atoms with Crippen LogP contribution in [-0.2, 0) is 0 Å². The number of rotatable bonds is 6. The number of amides is 1. The lowest BCUT2D eigenvalue weighted by atomic mass is 10.1. The number of hydrogen-bond donors (Lipinski definition) is 1. The quantitative estimate of drug-likeness (QED) is 0.739. The van der Waals surface area contributed by atoms with E-state index in [2.05, 4.69) is 44.9 Å². The molecule has 0 atom stereocenters. The van der Waals surface area contributed by atoms with Crippen LogP contribution in [-0.4, -0.2) is 36.3 Å². The lowest BCUT2D eigenvalue weighted by Crippen LogP contribution is -2.12. The van der Waals surface area contributed by atoms with Gasteiger partial charge in [0.15, 0.2) is 0 Å². The largest absolute Gasteiger partial charge is 0.296 e. The van der Waals surface area contributed by atoms with Gasteiger partial charge in [-0.1, -0.05) is 31.3 Å². The highest BCUT2D eigenvalue weighted by Gasteiger charge is 2.15. The van der Waals surface area contributed by atoms with Crippen molar-refractivity contribution in [3.63, 3.8) is 0 Å². The molecule has 0 spiro atoms. The predicted octanol–water partition coefficient (Wildman–Crippen LogP) is 2.67. The van der Waals surface area contributed by atoms with Crippen molar-refractivity contribution < 1.29 is 4.79 Å². The van der Waals surface area contributed by atoms with Crippen LogP contribution in [0, 0.1) is 0 Å². The number of nitrogens with one attached hydrogen (secondary N) is 1. The molecule has 1 aromatic carbocycles. The Morgan fingerprint density at radius 3 is 2.83 bits per heavy atom. The molecule has 0 aliphatic heterocycles. The average Bonchev–Trinajstić information content (AvgIpc) is 3.28. The summed E-state index contributed by atoms with van der Waals surface area (Å²) in [6, 6.07) is 7.05. The highest BCUT2D eigenvalue weighted by Crippen LogP contribution is 2.28. The number of anilines is 1. The molecule has 0 radical (unpaired) electrons. The zero-order chi connectivity index (χ0) is 16.9. The van der Waals surface area contributed by atoms with E-state index in [1.54, 1.807) is 18.2 Å². The molecule has 0 aliphatic rings. The fraction of sp³-hybridized carbons (Fsp3) is 0.333. The van der Waals surface area contributed by atoms with Crippen LogP contribution in [0.4, 0.5) is 5.13 Å². The van der Waals surface area contributed by atoms with Gasteiger partial charge in [-0.25, -0.2) is 4.68 Å². The molecule has 9 heteroatoms. The van der Waals surface area contributed by atoms with E-state index >= 15 is 0 Å². The van der Waals surface area contributed by atoms with Crippen molar-refractivity contribution in [2.45, 2.75) is 32.6 Å². The molecule has 1 N–H and O–H groups in total. The van der Waals surface area contributed by atoms with E-state index in [0.717, 1.165) is 17.8 Å². The fourth-order valence-electron chi connectivity index (χ4n) is 2.33. The van der Waals surface area contributed by atoms with Crippen molar-refractivity contribution >= 4 is 22.4 Å². The van der Waals surface area contributed by atoms with E-state index in [4.69, 9.17) is 0 Å². The molecule has 0 saturated carbocycles.